The number of anilines is 2. The summed E-state index contributed by atoms with van der Waals surface area (Å²) in [5.41, 5.74) is 1.11. The topological polar surface area (TPSA) is 130 Å². The van der Waals surface area contributed by atoms with Gasteiger partial charge in [0.05, 0.1) is 17.1 Å². The number of nitriles is 1. The van der Waals surface area contributed by atoms with Crippen molar-refractivity contribution in [1.29, 1.82) is 5.26 Å². The van der Waals surface area contributed by atoms with E-state index in [1.165, 1.54) is 11.0 Å². The average Bonchev–Trinajstić information content (AvgIpc) is 3.28. The normalized spacial score (nSPS) is 21.2. The summed E-state index contributed by atoms with van der Waals surface area (Å²) < 4.78 is 12.8. The smallest absolute Gasteiger partial charge is 0.415 e. The molecule has 0 saturated carbocycles. The summed E-state index contributed by atoms with van der Waals surface area (Å²) in [4.78, 5) is 45.0. The van der Waals surface area contributed by atoms with Crippen LogP contribution in [0, 0.1) is 17.2 Å². The zero-order valence-corrected chi connectivity index (χ0v) is 19.2. The summed E-state index contributed by atoms with van der Waals surface area (Å²) in [6.45, 7) is 2.69. The van der Waals surface area contributed by atoms with Gasteiger partial charge >= 0.3 is 6.09 Å². The van der Waals surface area contributed by atoms with Crippen molar-refractivity contribution < 1.29 is 19.1 Å². The Morgan fingerprint density at radius 2 is 1.92 bits per heavy atom. The second-order valence-corrected chi connectivity index (χ2v) is 9.11. The lowest BCUT2D eigenvalue weighted by Crippen LogP contribution is -2.48. The number of nitrogens with one attached hydrogen (secondary N) is 1. The summed E-state index contributed by atoms with van der Waals surface area (Å²) in [5.74, 6) is 0.901. The number of hydrogen-bond acceptors (Lipinski definition) is 8. The molecule has 182 valence electrons. The molecule has 1 N–H and O–H groups in total. The first-order valence-corrected chi connectivity index (χ1v) is 11.7. The number of pyridine rings is 2. The summed E-state index contributed by atoms with van der Waals surface area (Å²) in [7, 11) is 0. The minimum atomic E-state index is -0.483. The molecule has 2 aromatic heterocycles. The monoisotopic (exact) mass is 486 g/mol. The molecule has 3 aliphatic heterocycles. The molecular formula is C25H22N6O5. The van der Waals surface area contributed by atoms with Crippen LogP contribution in [0.4, 0.5) is 16.4 Å². The van der Waals surface area contributed by atoms with Crippen LogP contribution in [-0.2, 0) is 16.1 Å². The van der Waals surface area contributed by atoms with Crippen LogP contribution in [0.2, 0.25) is 0 Å². The van der Waals surface area contributed by atoms with Crippen molar-refractivity contribution in [2.75, 3.05) is 43.0 Å². The van der Waals surface area contributed by atoms with E-state index in [2.05, 4.69) is 21.3 Å². The number of likely N-dealkylation sites (tertiary alicyclic amines) is 1. The van der Waals surface area contributed by atoms with E-state index in [0.717, 1.165) is 10.9 Å². The van der Waals surface area contributed by atoms with Gasteiger partial charge in [-0.05, 0) is 35.7 Å². The SMILES string of the molecule is N#Cc1ccc2ccc(=O)n(CCN3C[C@H]4CN(c5ccc6c(n5)NC(=O)CO6)C(=O)O[C@H]4C3)c2c1. The van der Waals surface area contributed by atoms with E-state index in [9.17, 15) is 19.6 Å². The molecule has 3 aromatic rings. The van der Waals surface area contributed by atoms with Gasteiger partial charge in [-0.1, -0.05) is 6.07 Å². The molecule has 2 atom stereocenters. The van der Waals surface area contributed by atoms with Crippen LogP contribution in [0.1, 0.15) is 5.56 Å². The van der Waals surface area contributed by atoms with E-state index < -0.39 is 6.09 Å². The third kappa shape index (κ3) is 3.91. The highest BCUT2D eigenvalue weighted by atomic mass is 16.6. The van der Waals surface area contributed by atoms with Crippen molar-refractivity contribution in [3.8, 4) is 11.8 Å². The van der Waals surface area contributed by atoms with Crippen LogP contribution in [0.3, 0.4) is 0 Å². The largest absolute Gasteiger partial charge is 0.480 e. The maximum atomic E-state index is 12.8. The Bertz CT molecular complexity index is 1490. The van der Waals surface area contributed by atoms with Crippen LogP contribution < -0.4 is 20.5 Å². The Morgan fingerprint density at radius 3 is 2.78 bits per heavy atom. The number of carbonyl (C=O) groups excluding carboxylic acids is 2. The minimum absolute atomic E-state index is 0.0657. The standard InChI is InChI=1S/C25H22N6O5/c26-10-15-1-2-16-3-6-23(33)30(18(16)9-15)8-7-29-11-17-12-31(25(34)36-20(17)13-29)21-5-4-19-24(27-21)28-22(32)14-35-19/h1-6,9,17,20H,7-8,11-14H2,(H,27,28,32)/t17-,20-/m0/s1. The Balaban J connectivity index is 1.16. The van der Waals surface area contributed by atoms with Crippen molar-refractivity contribution in [2.45, 2.75) is 12.6 Å². The molecule has 2 amide bonds. The van der Waals surface area contributed by atoms with Gasteiger partial charge in [0, 0.05) is 44.7 Å². The summed E-state index contributed by atoms with van der Waals surface area (Å²) in [6.07, 6.45) is -0.730. The molecule has 6 rings (SSSR count). The molecule has 11 heteroatoms. The van der Waals surface area contributed by atoms with Crippen molar-refractivity contribution in [2.24, 2.45) is 5.92 Å². The van der Waals surface area contributed by atoms with E-state index in [1.807, 2.05) is 6.07 Å². The first-order chi connectivity index (χ1) is 17.5. The first kappa shape index (κ1) is 22.1. The predicted octanol–water partition coefficient (Wildman–Crippen LogP) is 1.56. The van der Waals surface area contributed by atoms with Gasteiger partial charge in [-0.25, -0.2) is 9.78 Å². The number of benzene rings is 1. The lowest BCUT2D eigenvalue weighted by molar-refractivity contribution is -0.118. The fourth-order valence-corrected chi connectivity index (χ4v) is 5.04. The zero-order valence-electron chi connectivity index (χ0n) is 19.2. The predicted molar refractivity (Wildman–Crippen MR) is 129 cm³/mol. The van der Waals surface area contributed by atoms with E-state index in [4.69, 9.17) is 9.47 Å². The lowest BCUT2D eigenvalue weighted by atomic mass is 10.0. The first-order valence-electron chi connectivity index (χ1n) is 11.7. The van der Waals surface area contributed by atoms with Gasteiger partial charge in [0.1, 0.15) is 11.9 Å². The molecule has 2 saturated heterocycles. The molecule has 5 heterocycles. The van der Waals surface area contributed by atoms with E-state index >= 15 is 0 Å². The fraction of sp³-hybridized carbons (Fsp3) is 0.320. The number of ether oxygens (including phenoxy) is 2. The number of nitrogens with zero attached hydrogens (tertiary/aromatic N) is 5. The van der Waals surface area contributed by atoms with Crippen LogP contribution in [0.25, 0.3) is 10.9 Å². The highest BCUT2D eigenvalue weighted by Crippen LogP contribution is 2.32. The quantitative estimate of drug-likeness (QED) is 0.588. The van der Waals surface area contributed by atoms with Crippen molar-refractivity contribution in [3.63, 3.8) is 0 Å². The van der Waals surface area contributed by atoms with Gasteiger partial charge in [-0.15, -0.1) is 0 Å². The maximum absolute atomic E-state index is 12.8. The highest BCUT2D eigenvalue weighted by molar-refractivity contribution is 5.95. The number of rotatable bonds is 4. The van der Waals surface area contributed by atoms with Crippen LogP contribution in [0.5, 0.6) is 5.75 Å². The Hall–Kier alpha value is -4.43. The van der Waals surface area contributed by atoms with Gasteiger partial charge in [0.15, 0.2) is 18.2 Å². The second-order valence-electron chi connectivity index (χ2n) is 9.11. The number of carbonyl (C=O) groups is 2. The zero-order chi connectivity index (χ0) is 24.8. The Morgan fingerprint density at radius 1 is 1.06 bits per heavy atom. The fourth-order valence-electron chi connectivity index (χ4n) is 5.04. The van der Waals surface area contributed by atoms with Crippen molar-refractivity contribution >= 4 is 34.5 Å². The summed E-state index contributed by atoms with van der Waals surface area (Å²) in [5, 5.41) is 12.8. The van der Waals surface area contributed by atoms with Crippen LogP contribution in [-0.4, -0.2) is 65.3 Å². The molecule has 2 fully saturated rings. The van der Waals surface area contributed by atoms with Gasteiger partial charge in [-0.2, -0.15) is 5.26 Å². The van der Waals surface area contributed by atoms with Gasteiger partial charge in [0.25, 0.3) is 11.5 Å². The number of amides is 2. The molecule has 0 aliphatic carbocycles. The number of aromatic nitrogens is 2. The third-order valence-corrected chi connectivity index (χ3v) is 6.84. The summed E-state index contributed by atoms with van der Waals surface area (Å²) in [6, 6.07) is 14.1. The molecule has 0 radical (unpaired) electrons. The second kappa shape index (κ2) is 8.66. The summed E-state index contributed by atoms with van der Waals surface area (Å²) >= 11 is 0. The Labute approximate surface area is 205 Å². The number of hydrogen-bond donors (Lipinski definition) is 1. The minimum Gasteiger partial charge on any atom is -0.480 e. The molecule has 0 unspecified atom stereocenters. The van der Waals surface area contributed by atoms with E-state index in [0.29, 0.717) is 49.9 Å². The van der Waals surface area contributed by atoms with Crippen molar-refractivity contribution in [1.82, 2.24) is 14.5 Å². The molecule has 1 aromatic carbocycles. The number of fused-ring (bicyclic) bond motifs is 3. The molecule has 11 nitrogen and oxygen atoms in total. The van der Waals surface area contributed by atoms with Gasteiger partial charge in [-0.3, -0.25) is 19.4 Å². The van der Waals surface area contributed by atoms with Gasteiger partial charge in [0.2, 0.25) is 0 Å². The van der Waals surface area contributed by atoms with Crippen molar-refractivity contribution in [3.05, 3.63) is 58.4 Å². The van der Waals surface area contributed by atoms with Gasteiger partial charge < -0.3 is 19.4 Å². The Kier molecular flexibility index (Phi) is 5.30. The maximum Gasteiger partial charge on any atom is 0.415 e. The van der Waals surface area contributed by atoms with E-state index in [-0.39, 0.29) is 35.9 Å². The molecule has 3 aliphatic rings. The molecule has 0 spiro atoms. The lowest BCUT2D eigenvalue weighted by Gasteiger charge is -2.33. The molecule has 0 bridgehead atoms. The van der Waals surface area contributed by atoms with Crippen LogP contribution >= 0.6 is 0 Å². The third-order valence-electron chi connectivity index (χ3n) is 6.84. The van der Waals surface area contributed by atoms with Crippen LogP contribution in [0.15, 0.2) is 47.3 Å². The highest BCUT2D eigenvalue weighted by Gasteiger charge is 2.43. The van der Waals surface area contributed by atoms with E-state index in [1.54, 1.807) is 34.9 Å². The average molecular weight is 486 g/mol. The molecular weight excluding hydrogens is 464 g/mol. The molecule has 36 heavy (non-hydrogen) atoms.